The fourth-order valence-electron chi connectivity index (χ4n) is 2.86. The molecule has 0 aromatic carbocycles. The number of nitrogens with zero attached hydrogens (tertiary/aromatic N) is 2. The Morgan fingerprint density at radius 2 is 2.00 bits per heavy atom. The third kappa shape index (κ3) is 3.63. The first-order chi connectivity index (χ1) is 9.59. The summed E-state index contributed by atoms with van der Waals surface area (Å²) < 4.78 is 28.0. The minimum absolute atomic E-state index is 0. The van der Waals surface area contributed by atoms with Crippen LogP contribution in [-0.4, -0.2) is 62.9 Å². The zero-order valence-corrected chi connectivity index (χ0v) is 15.5. The van der Waals surface area contributed by atoms with Crippen LogP contribution < -0.4 is 5.32 Å². The Kier molecular flexibility index (Phi) is 6.09. The number of thiophene rings is 1. The molecule has 0 spiro atoms. The van der Waals surface area contributed by atoms with Crippen molar-refractivity contribution in [1.29, 1.82) is 0 Å². The lowest BCUT2D eigenvalue weighted by Gasteiger charge is -2.32. The fourth-order valence-corrected chi connectivity index (χ4v) is 6.80. The number of hydrogen-bond donors (Lipinski definition) is 1. The number of rotatable bonds is 3. The minimum Gasteiger partial charge on any atom is -0.314 e. The molecule has 1 N–H and O–H groups in total. The monoisotopic (exact) mass is 415 g/mol. The maximum absolute atomic E-state index is 12.6. The summed E-state index contributed by atoms with van der Waals surface area (Å²) in [5.41, 5.74) is 0. The summed E-state index contributed by atoms with van der Waals surface area (Å²) in [4.78, 5) is 2.41. The van der Waals surface area contributed by atoms with Gasteiger partial charge in [-0.1, -0.05) is 0 Å². The van der Waals surface area contributed by atoms with E-state index >= 15 is 0 Å². The highest BCUT2D eigenvalue weighted by atomic mass is 79.9. The van der Waals surface area contributed by atoms with E-state index in [1.54, 1.807) is 15.8 Å². The van der Waals surface area contributed by atoms with Crippen molar-refractivity contribution in [2.75, 3.05) is 39.3 Å². The summed E-state index contributed by atoms with van der Waals surface area (Å²) in [5.74, 6) is 0. The first-order valence-electron chi connectivity index (χ1n) is 6.77. The molecular formula is C12H19BrClN3O2S2. The highest BCUT2D eigenvalue weighted by molar-refractivity contribution is 9.10. The molecule has 5 nitrogen and oxygen atoms in total. The molecule has 1 aromatic heterocycles. The molecule has 0 aliphatic carbocycles. The quantitative estimate of drug-likeness (QED) is 0.813. The largest absolute Gasteiger partial charge is 0.314 e. The zero-order chi connectivity index (χ0) is 14.2. The molecule has 1 atom stereocenters. The Labute approximate surface area is 144 Å². The van der Waals surface area contributed by atoms with Gasteiger partial charge in [0.15, 0.2) is 0 Å². The lowest BCUT2D eigenvalue weighted by atomic mass is 10.2. The van der Waals surface area contributed by atoms with E-state index in [-0.39, 0.29) is 12.4 Å². The Bertz CT molecular complexity index is 575. The zero-order valence-electron chi connectivity index (χ0n) is 11.5. The molecule has 2 fully saturated rings. The highest BCUT2D eigenvalue weighted by Crippen LogP contribution is 2.32. The molecular weight excluding hydrogens is 398 g/mol. The summed E-state index contributed by atoms with van der Waals surface area (Å²) in [7, 11) is -3.33. The van der Waals surface area contributed by atoms with Crippen LogP contribution in [-0.2, 0) is 10.0 Å². The average Bonchev–Trinajstić information content (AvgIpc) is 3.08. The molecule has 1 unspecified atom stereocenters. The number of piperazine rings is 1. The van der Waals surface area contributed by atoms with Gasteiger partial charge in [-0.2, -0.15) is 4.31 Å². The van der Waals surface area contributed by atoms with Gasteiger partial charge in [0.05, 0.1) is 0 Å². The van der Waals surface area contributed by atoms with Crippen LogP contribution in [0.2, 0.25) is 0 Å². The van der Waals surface area contributed by atoms with E-state index in [0.717, 1.165) is 32.6 Å². The summed E-state index contributed by atoms with van der Waals surface area (Å²) >= 11 is 4.61. The van der Waals surface area contributed by atoms with Crippen molar-refractivity contribution in [1.82, 2.24) is 14.5 Å². The van der Waals surface area contributed by atoms with E-state index in [2.05, 4.69) is 26.1 Å². The summed E-state index contributed by atoms with van der Waals surface area (Å²) in [6, 6.07) is 2.16. The van der Waals surface area contributed by atoms with Crippen LogP contribution in [0.4, 0.5) is 0 Å². The van der Waals surface area contributed by atoms with Gasteiger partial charge in [-0.05, 0) is 33.8 Å². The number of nitrogens with one attached hydrogen (secondary N) is 1. The van der Waals surface area contributed by atoms with Gasteiger partial charge in [-0.25, -0.2) is 8.42 Å². The maximum Gasteiger partial charge on any atom is 0.253 e. The summed E-state index contributed by atoms with van der Waals surface area (Å²) in [6.45, 7) is 5.27. The molecule has 3 rings (SSSR count). The topological polar surface area (TPSA) is 52.7 Å². The third-order valence-corrected chi connectivity index (χ3v) is 8.47. The molecule has 120 valence electrons. The predicted molar refractivity (Wildman–Crippen MR) is 90.9 cm³/mol. The molecule has 1 aromatic rings. The molecule has 0 amide bonds. The van der Waals surface area contributed by atoms with Crippen molar-refractivity contribution in [2.24, 2.45) is 0 Å². The minimum atomic E-state index is -3.33. The van der Waals surface area contributed by atoms with Crippen LogP contribution in [0.3, 0.4) is 0 Å². The number of sulfonamides is 1. The molecule has 0 radical (unpaired) electrons. The van der Waals surface area contributed by atoms with E-state index in [4.69, 9.17) is 0 Å². The van der Waals surface area contributed by atoms with Crippen molar-refractivity contribution >= 4 is 49.7 Å². The molecule has 0 saturated carbocycles. The Hall–Kier alpha value is 0.300. The lowest BCUT2D eigenvalue weighted by Crippen LogP contribution is -2.49. The normalized spacial score (nSPS) is 24.9. The van der Waals surface area contributed by atoms with E-state index < -0.39 is 10.0 Å². The molecule has 9 heteroatoms. The van der Waals surface area contributed by atoms with Crippen LogP contribution in [0, 0.1) is 0 Å². The Balaban J connectivity index is 0.00000161. The van der Waals surface area contributed by atoms with Gasteiger partial charge in [0, 0.05) is 49.8 Å². The van der Waals surface area contributed by atoms with Gasteiger partial charge in [-0.3, -0.25) is 4.90 Å². The molecule has 0 bridgehead atoms. The van der Waals surface area contributed by atoms with Gasteiger partial charge in [0.2, 0.25) is 0 Å². The number of halogens is 2. The van der Waals surface area contributed by atoms with Crippen molar-refractivity contribution in [3.05, 3.63) is 15.9 Å². The van der Waals surface area contributed by atoms with Crippen molar-refractivity contribution < 1.29 is 8.42 Å². The molecule has 3 heterocycles. The van der Waals surface area contributed by atoms with Gasteiger partial charge >= 0.3 is 0 Å². The molecule has 2 saturated heterocycles. The van der Waals surface area contributed by atoms with Crippen LogP contribution in [0.25, 0.3) is 0 Å². The average molecular weight is 417 g/mol. The highest BCUT2D eigenvalue weighted by Gasteiger charge is 2.36. The summed E-state index contributed by atoms with van der Waals surface area (Å²) in [6.07, 6.45) is 0.933. The van der Waals surface area contributed by atoms with E-state index in [1.807, 2.05) is 0 Å². The first kappa shape index (κ1) is 17.7. The first-order valence-corrected chi connectivity index (χ1v) is 9.88. The standard InChI is InChI=1S/C12H18BrN3O2S2.ClH/c13-11-2-8-19-12(11)20(17,18)16-5-1-10(9-16)15-6-3-14-4-7-15;/h2,8,10,14H,1,3-7,9H2;1H. The van der Waals surface area contributed by atoms with E-state index in [0.29, 0.717) is 27.8 Å². The second-order valence-corrected chi connectivity index (χ2v) is 9.05. The van der Waals surface area contributed by atoms with Crippen LogP contribution in [0.15, 0.2) is 20.1 Å². The predicted octanol–water partition coefficient (Wildman–Crippen LogP) is 1.60. The Morgan fingerprint density at radius 1 is 1.29 bits per heavy atom. The maximum atomic E-state index is 12.6. The molecule has 2 aliphatic rings. The van der Waals surface area contributed by atoms with Gasteiger partial charge < -0.3 is 5.32 Å². The summed E-state index contributed by atoms with van der Waals surface area (Å²) in [5, 5.41) is 5.14. The van der Waals surface area contributed by atoms with Crippen LogP contribution >= 0.6 is 39.7 Å². The second kappa shape index (κ2) is 7.25. The van der Waals surface area contributed by atoms with Crippen molar-refractivity contribution in [3.8, 4) is 0 Å². The smallest absolute Gasteiger partial charge is 0.253 e. The van der Waals surface area contributed by atoms with Gasteiger partial charge in [0.1, 0.15) is 4.21 Å². The molecule has 2 aliphatic heterocycles. The van der Waals surface area contributed by atoms with Crippen molar-refractivity contribution in [2.45, 2.75) is 16.7 Å². The van der Waals surface area contributed by atoms with E-state index in [1.165, 1.54) is 11.3 Å². The van der Waals surface area contributed by atoms with Crippen LogP contribution in [0.1, 0.15) is 6.42 Å². The SMILES string of the molecule is Cl.O=S(=O)(c1sccc1Br)N1CCC(N2CCNCC2)C1. The van der Waals surface area contributed by atoms with Gasteiger partial charge in [-0.15, -0.1) is 23.7 Å². The van der Waals surface area contributed by atoms with Gasteiger partial charge in [0.25, 0.3) is 10.0 Å². The van der Waals surface area contributed by atoms with Crippen LogP contribution in [0.5, 0.6) is 0 Å². The number of hydrogen-bond acceptors (Lipinski definition) is 5. The van der Waals surface area contributed by atoms with Crippen molar-refractivity contribution in [3.63, 3.8) is 0 Å². The molecule has 21 heavy (non-hydrogen) atoms. The fraction of sp³-hybridized carbons (Fsp3) is 0.667. The Morgan fingerprint density at radius 3 is 2.62 bits per heavy atom. The lowest BCUT2D eigenvalue weighted by molar-refractivity contribution is 0.179. The second-order valence-electron chi connectivity index (χ2n) is 5.15. The third-order valence-electron chi connectivity index (χ3n) is 3.95. The van der Waals surface area contributed by atoms with E-state index in [9.17, 15) is 8.42 Å².